The topological polar surface area (TPSA) is 49.4 Å². The van der Waals surface area contributed by atoms with Crippen LogP contribution >= 0.6 is 0 Å². The number of nitrogens with zero attached hydrogens (tertiary/aromatic N) is 1. The van der Waals surface area contributed by atoms with E-state index in [4.69, 9.17) is 0 Å². The van der Waals surface area contributed by atoms with Crippen LogP contribution in [0.5, 0.6) is 0 Å². The molecule has 1 N–H and O–H groups in total. The van der Waals surface area contributed by atoms with Gasteiger partial charge in [-0.25, -0.2) is 17.1 Å². The average molecular weight is 250 g/mol. The molecule has 6 heteroatoms. The van der Waals surface area contributed by atoms with Crippen LogP contribution in [-0.2, 0) is 10.0 Å². The highest BCUT2D eigenvalue weighted by Gasteiger charge is 2.40. The van der Waals surface area contributed by atoms with Gasteiger partial charge in [0.05, 0.1) is 6.26 Å². The van der Waals surface area contributed by atoms with Gasteiger partial charge in [0.15, 0.2) is 0 Å². The van der Waals surface area contributed by atoms with Crippen molar-refractivity contribution in [1.82, 2.24) is 9.62 Å². The van der Waals surface area contributed by atoms with Crippen LogP contribution in [0.25, 0.3) is 0 Å². The van der Waals surface area contributed by atoms with E-state index in [0.29, 0.717) is 32.6 Å². The van der Waals surface area contributed by atoms with E-state index in [-0.39, 0.29) is 5.92 Å². The molecule has 0 radical (unpaired) electrons. The minimum Gasteiger partial charge on any atom is -0.310 e. The van der Waals surface area contributed by atoms with Crippen LogP contribution < -0.4 is 5.32 Å². The third-order valence-electron chi connectivity index (χ3n) is 3.49. The van der Waals surface area contributed by atoms with E-state index in [0.717, 1.165) is 12.8 Å². The Morgan fingerprint density at radius 3 is 2.69 bits per heavy atom. The van der Waals surface area contributed by atoms with Crippen LogP contribution in [0, 0.1) is 5.92 Å². The molecule has 2 rings (SSSR count). The number of hydrogen-bond donors (Lipinski definition) is 1. The highest BCUT2D eigenvalue weighted by molar-refractivity contribution is 7.88. The summed E-state index contributed by atoms with van der Waals surface area (Å²) >= 11 is 0. The molecular weight excluding hydrogens is 231 g/mol. The second kappa shape index (κ2) is 4.23. The van der Waals surface area contributed by atoms with Crippen LogP contribution in [-0.4, -0.2) is 50.8 Å². The summed E-state index contributed by atoms with van der Waals surface area (Å²) in [5, 5.41) is 2.93. The number of sulfonamides is 1. The van der Waals surface area contributed by atoms with Crippen molar-refractivity contribution in [3.63, 3.8) is 0 Å². The third-order valence-corrected chi connectivity index (χ3v) is 4.76. The van der Waals surface area contributed by atoms with Crippen molar-refractivity contribution in [1.29, 1.82) is 0 Å². The molecule has 0 amide bonds. The number of hydrogen-bond acceptors (Lipinski definition) is 3. The second-order valence-corrected chi connectivity index (χ2v) is 7.07. The van der Waals surface area contributed by atoms with Gasteiger partial charge in [0.25, 0.3) is 0 Å². The average Bonchev–Trinajstić information content (AvgIpc) is 2.14. The first-order chi connectivity index (χ1) is 7.39. The molecule has 1 unspecified atom stereocenters. The molecule has 16 heavy (non-hydrogen) atoms. The second-order valence-electron chi connectivity index (χ2n) is 5.09. The number of halogens is 1. The first-order valence-corrected chi connectivity index (χ1v) is 7.59. The van der Waals surface area contributed by atoms with Gasteiger partial charge in [0.2, 0.25) is 10.0 Å². The van der Waals surface area contributed by atoms with Gasteiger partial charge in [0.1, 0.15) is 5.67 Å². The fourth-order valence-corrected chi connectivity index (χ4v) is 3.50. The Morgan fingerprint density at radius 1 is 1.50 bits per heavy atom. The van der Waals surface area contributed by atoms with Gasteiger partial charge >= 0.3 is 0 Å². The standard InChI is InChI=1S/C10H19FN2O2S/c1-16(14,15)13-4-2-3-9(6-13)5-10(11)7-12-8-10/h9,12H,2-8H2,1H3. The number of rotatable bonds is 3. The quantitative estimate of drug-likeness (QED) is 0.787. The van der Waals surface area contributed by atoms with Crippen LogP contribution in [0.2, 0.25) is 0 Å². The molecule has 2 saturated heterocycles. The van der Waals surface area contributed by atoms with Gasteiger partial charge in [-0.2, -0.15) is 0 Å². The molecule has 0 bridgehead atoms. The zero-order valence-corrected chi connectivity index (χ0v) is 10.4. The number of nitrogens with one attached hydrogen (secondary N) is 1. The molecule has 2 aliphatic rings. The SMILES string of the molecule is CS(=O)(=O)N1CCCC(CC2(F)CNC2)C1. The first-order valence-electron chi connectivity index (χ1n) is 5.74. The molecule has 0 saturated carbocycles. The zero-order chi connectivity index (χ0) is 11.8. The lowest BCUT2D eigenvalue weighted by atomic mass is 9.84. The molecule has 0 spiro atoms. The van der Waals surface area contributed by atoms with Crippen LogP contribution in [0.15, 0.2) is 0 Å². The fourth-order valence-electron chi connectivity index (χ4n) is 2.55. The third kappa shape index (κ3) is 2.73. The molecule has 0 aromatic carbocycles. The van der Waals surface area contributed by atoms with Gasteiger partial charge in [-0.05, 0) is 25.2 Å². The predicted octanol–water partition coefficient (Wildman–Crippen LogP) is 0.360. The molecule has 94 valence electrons. The lowest BCUT2D eigenvalue weighted by Gasteiger charge is -2.40. The van der Waals surface area contributed by atoms with Crippen molar-refractivity contribution in [2.75, 3.05) is 32.4 Å². The first kappa shape index (κ1) is 12.3. The Hall–Kier alpha value is -0.200. The Balaban J connectivity index is 1.92. The Bertz CT molecular complexity index is 354. The molecule has 2 aliphatic heterocycles. The fraction of sp³-hybridized carbons (Fsp3) is 1.00. The summed E-state index contributed by atoms with van der Waals surface area (Å²) in [4.78, 5) is 0. The van der Waals surface area contributed by atoms with Crippen molar-refractivity contribution >= 4 is 10.0 Å². The molecule has 2 heterocycles. The van der Waals surface area contributed by atoms with E-state index in [1.54, 1.807) is 0 Å². The van der Waals surface area contributed by atoms with Crippen molar-refractivity contribution in [2.45, 2.75) is 24.9 Å². The summed E-state index contributed by atoms with van der Waals surface area (Å²) in [5.74, 6) is 0.176. The van der Waals surface area contributed by atoms with E-state index < -0.39 is 15.7 Å². The molecule has 2 fully saturated rings. The zero-order valence-electron chi connectivity index (χ0n) is 9.58. The van der Waals surface area contributed by atoms with Crippen molar-refractivity contribution < 1.29 is 12.8 Å². The summed E-state index contributed by atoms with van der Waals surface area (Å²) < 4.78 is 38.2. The van der Waals surface area contributed by atoms with E-state index >= 15 is 0 Å². The molecule has 0 aromatic heterocycles. The Morgan fingerprint density at radius 2 is 2.19 bits per heavy atom. The normalized spacial score (nSPS) is 31.0. The summed E-state index contributed by atoms with van der Waals surface area (Å²) in [6.07, 6.45) is 3.51. The minimum absolute atomic E-state index is 0.176. The van der Waals surface area contributed by atoms with E-state index in [1.807, 2.05) is 0 Å². The predicted molar refractivity (Wildman–Crippen MR) is 60.5 cm³/mol. The largest absolute Gasteiger partial charge is 0.310 e. The van der Waals surface area contributed by atoms with E-state index in [2.05, 4.69) is 5.32 Å². The van der Waals surface area contributed by atoms with Crippen molar-refractivity contribution in [3.8, 4) is 0 Å². The molecule has 4 nitrogen and oxygen atoms in total. The van der Waals surface area contributed by atoms with Gasteiger partial charge < -0.3 is 5.32 Å². The van der Waals surface area contributed by atoms with Crippen molar-refractivity contribution in [3.05, 3.63) is 0 Å². The molecule has 0 aromatic rings. The molecule has 1 atom stereocenters. The van der Waals surface area contributed by atoms with Crippen LogP contribution in [0.3, 0.4) is 0 Å². The number of alkyl halides is 1. The smallest absolute Gasteiger partial charge is 0.211 e. The highest BCUT2D eigenvalue weighted by atomic mass is 32.2. The van der Waals surface area contributed by atoms with Crippen LogP contribution in [0.4, 0.5) is 4.39 Å². The van der Waals surface area contributed by atoms with Gasteiger partial charge in [-0.3, -0.25) is 0 Å². The van der Waals surface area contributed by atoms with Crippen LogP contribution in [0.1, 0.15) is 19.3 Å². The summed E-state index contributed by atoms with van der Waals surface area (Å²) in [6.45, 7) is 1.92. The summed E-state index contributed by atoms with van der Waals surface area (Å²) in [7, 11) is -3.11. The Labute approximate surface area is 96.2 Å². The van der Waals surface area contributed by atoms with Crippen molar-refractivity contribution in [2.24, 2.45) is 5.92 Å². The maximum atomic E-state index is 13.9. The van der Waals surface area contributed by atoms with Gasteiger partial charge in [0, 0.05) is 26.2 Å². The Kier molecular flexibility index (Phi) is 3.25. The monoisotopic (exact) mass is 250 g/mol. The van der Waals surface area contributed by atoms with Gasteiger partial charge in [-0.15, -0.1) is 0 Å². The number of piperidine rings is 1. The molecule has 0 aliphatic carbocycles. The maximum Gasteiger partial charge on any atom is 0.211 e. The minimum atomic E-state index is -3.11. The maximum absolute atomic E-state index is 13.9. The van der Waals surface area contributed by atoms with E-state index in [1.165, 1.54) is 10.6 Å². The van der Waals surface area contributed by atoms with Gasteiger partial charge in [-0.1, -0.05) is 0 Å². The lowest BCUT2D eigenvalue weighted by Crippen LogP contribution is -2.58. The van der Waals surface area contributed by atoms with E-state index in [9.17, 15) is 12.8 Å². The summed E-state index contributed by atoms with van der Waals surface area (Å²) in [6, 6.07) is 0. The highest BCUT2D eigenvalue weighted by Crippen LogP contribution is 2.31. The summed E-state index contributed by atoms with van der Waals surface area (Å²) in [5.41, 5.74) is -1.09. The molecular formula is C10H19FN2O2S. The lowest BCUT2D eigenvalue weighted by molar-refractivity contribution is 0.0493.